The molecule has 1 amide bonds. The van der Waals surface area contributed by atoms with Gasteiger partial charge in [0.1, 0.15) is 0 Å². The number of carbonyl (C=O) groups is 2. The standard InChI is InChI=1S/C25H23N5O2/c1-17-6-8-20(9-7-17)27-16-23(31)29-28-15-21-18(2)24(30-14-4-3-5-22(21)30)25(32)19-10-12-26-13-11-19/h3-15,27H,16H2,1-2H3,(H,29,31)/b28-15+. The Balaban J connectivity index is 1.52. The van der Waals surface area contributed by atoms with Crippen molar-refractivity contribution in [1.29, 1.82) is 0 Å². The molecule has 32 heavy (non-hydrogen) atoms. The van der Waals surface area contributed by atoms with Gasteiger partial charge in [0.15, 0.2) is 0 Å². The van der Waals surface area contributed by atoms with Gasteiger partial charge in [-0.05, 0) is 55.8 Å². The molecule has 0 saturated heterocycles. The average molecular weight is 425 g/mol. The Hall–Kier alpha value is -4.26. The van der Waals surface area contributed by atoms with Crippen molar-refractivity contribution >= 4 is 29.1 Å². The lowest BCUT2D eigenvalue weighted by atomic mass is 10.1. The van der Waals surface area contributed by atoms with E-state index in [4.69, 9.17) is 0 Å². The first-order valence-corrected chi connectivity index (χ1v) is 10.2. The normalized spacial score (nSPS) is 11.1. The molecule has 0 atom stereocenters. The van der Waals surface area contributed by atoms with Crippen LogP contribution in [-0.4, -0.2) is 33.8 Å². The van der Waals surface area contributed by atoms with Crippen molar-refractivity contribution in [3.63, 3.8) is 0 Å². The molecule has 7 nitrogen and oxygen atoms in total. The molecule has 0 spiro atoms. The summed E-state index contributed by atoms with van der Waals surface area (Å²) < 4.78 is 1.85. The minimum absolute atomic E-state index is 0.0989. The molecule has 0 aliphatic rings. The SMILES string of the molecule is Cc1ccc(NCC(=O)N/N=C/c2c(C)c(C(=O)c3ccncc3)n3ccccc23)cc1. The zero-order valence-electron chi connectivity index (χ0n) is 17.9. The van der Waals surface area contributed by atoms with Crippen molar-refractivity contribution in [2.24, 2.45) is 5.10 Å². The summed E-state index contributed by atoms with van der Waals surface area (Å²) in [4.78, 5) is 29.3. The van der Waals surface area contributed by atoms with E-state index in [2.05, 4.69) is 20.8 Å². The molecule has 2 N–H and O–H groups in total. The second kappa shape index (κ2) is 9.26. The first-order chi connectivity index (χ1) is 15.5. The van der Waals surface area contributed by atoms with Gasteiger partial charge in [-0.1, -0.05) is 23.8 Å². The van der Waals surface area contributed by atoms with Gasteiger partial charge in [-0.2, -0.15) is 5.10 Å². The van der Waals surface area contributed by atoms with Gasteiger partial charge in [-0.3, -0.25) is 14.6 Å². The molecule has 0 unspecified atom stereocenters. The fraction of sp³-hybridized carbons (Fsp3) is 0.120. The summed E-state index contributed by atoms with van der Waals surface area (Å²) in [6.07, 6.45) is 6.62. The number of aromatic nitrogens is 2. The maximum atomic E-state index is 13.1. The fourth-order valence-electron chi connectivity index (χ4n) is 3.50. The summed E-state index contributed by atoms with van der Waals surface area (Å²) in [5.74, 6) is -0.367. The Kier molecular flexibility index (Phi) is 6.07. The molecule has 4 rings (SSSR count). The third kappa shape index (κ3) is 4.41. The monoisotopic (exact) mass is 425 g/mol. The van der Waals surface area contributed by atoms with Crippen LogP contribution < -0.4 is 10.7 Å². The molecule has 0 bridgehead atoms. The predicted molar refractivity (Wildman–Crippen MR) is 125 cm³/mol. The molecular weight excluding hydrogens is 402 g/mol. The number of pyridine rings is 2. The number of anilines is 1. The molecule has 0 fully saturated rings. The zero-order valence-corrected chi connectivity index (χ0v) is 17.9. The molecule has 1 aromatic carbocycles. The van der Waals surface area contributed by atoms with Crippen LogP contribution in [0.3, 0.4) is 0 Å². The lowest BCUT2D eigenvalue weighted by Crippen LogP contribution is -2.25. The largest absolute Gasteiger partial charge is 0.376 e. The Labute approximate surface area is 185 Å². The highest BCUT2D eigenvalue weighted by atomic mass is 16.2. The lowest BCUT2D eigenvalue weighted by molar-refractivity contribution is -0.119. The highest BCUT2D eigenvalue weighted by Gasteiger charge is 2.20. The Bertz CT molecular complexity index is 1290. The van der Waals surface area contributed by atoms with Crippen LogP contribution in [0, 0.1) is 13.8 Å². The van der Waals surface area contributed by atoms with Crippen LogP contribution >= 0.6 is 0 Å². The molecule has 4 aromatic rings. The number of carbonyl (C=O) groups excluding carboxylic acids is 2. The van der Waals surface area contributed by atoms with E-state index >= 15 is 0 Å². The quantitative estimate of drug-likeness (QED) is 0.268. The number of hydrogen-bond donors (Lipinski definition) is 2. The van der Waals surface area contributed by atoms with E-state index in [0.29, 0.717) is 11.3 Å². The predicted octanol–water partition coefficient (Wildman–Crippen LogP) is 3.74. The molecule has 0 aliphatic carbocycles. The van der Waals surface area contributed by atoms with Crippen LogP contribution in [0.15, 0.2) is 78.3 Å². The number of fused-ring (bicyclic) bond motifs is 1. The minimum Gasteiger partial charge on any atom is -0.376 e. The van der Waals surface area contributed by atoms with Crippen LogP contribution in [0.4, 0.5) is 5.69 Å². The van der Waals surface area contributed by atoms with Crippen molar-refractivity contribution in [3.8, 4) is 0 Å². The highest BCUT2D eigenvalue weighted by molar-refractivity contribution is 6.11. The van der Waals surface area contributed by atoms with Gasteiger partial charge in [0.25, 0.3) is 5.91 Å². The molecule has 7 heteroatoms. The third-order valence-corrected chi connectivity index (χ3v) is 5.18. The van der Waals surface area contributed by atoms with Crippen LogP contribution in [-0.2, 0) is 4.79 Å². The number of ketones is 1. The van der Waals surface area contributed by atoms with Gasteiger partial charge in [0.05, 0.1) is 24.0 Å². The summed E-state index contributed by atoms with van der Waals surface area (Å²) in [7, 11) is 0. The highest BCUT2D eigenvalue weighted by Crippen LogP contribution is 2.24. The maximum absolute atomic E-state index is 13.1. The van der Waals surface area contributed by atoms with Crippen LogP contribution in [0.1, 0.15) is 32.7 Å². The van der Waals surface area contributed by atoms with Gasteiger partial charge in [0, 0.05) is 35.4 Å². The zero-order chi connectivity index (χ0) is 22.5. The maximum Gasteiger partial charge on any atom is 0.259 e. The molecule has 0 saturated carbocycles. The van der Waals surface area contributed by atoms with Crippen molar-refractivity contribution < 1.29 is 9.59 Å². The summed E-state index contributed by atoms with van der Waals surface area (Å²) in [6, 6.07) is 16.9. The smallest absolute Gasteiger partial charge is 0.259 e. The number of hydrogen-bond acceptors (Lipinski definition) is 5. The van der Waals surface area contributed by atoms with Crippen molar-refractivity contribution in [3.05, 3.63) is 101 Å². The number of benzene rings is 1. The van der Waals surface area contributed by atoms with Crippen LogP contribution in [0.2, 0.25) is 0 Å². The Morgan fingerprint density at radius 3 is 2.53 bits per heavy atom. The van der Waals surface area contributed by atoms with Crippen molar-refractivity contribution in [1.82, 2.24) is 14.8 Å². The third-order valence-electron chi connectivity index (χ3n) is 5.18. The van der Waals surface area contributed by atoms with E-state index in [0.717, 1.165) is 27.9 Å². The molecular formula is C25H23N5O2. The van der Waals surface area contributed by atoms with Crippen LogP contribution in [0.25, 0.3) is 5.52 Å². The first kappa shape index (κ1) is 21.0. The van der Waals surface area contributed by atoms with Gasteiger partial charge < -0.3 is 9.72 Å². The molecule has 3 heterocycles. The van der Waals surface area contributed by atoms with E-state index in [1.165, 1.54) is 0 Å². The van der Waals surface area contributed by atoms with E-state index in [9.17, 15) is 9.59 Å². The Morgan fingerprint density at radius 2 is 1.78 bits per heavy atom. The van der Waals surface area contributed by atoms with E-state index in [-0.39, 0.29) is 18.2 Å². The first-order valence-electron chi connectivity index (χ1n) is 10.2. The van der Waals surface area contributed by atoms with Gasteiger partial charge >= 0.3 is 0 Å². The van der Waals surface area contributed by atoms with Gasteiger partial charge in [-0.15, -0.1) is 0 Å². The number of nitrogens with zero attached hydrogens (tertiary/aromatic N) is 3. The lowest BCUT2D eigenvalue weighted by Gasteiger charge is -2.05. The summed E-state index contributed by atoms with van der Waals surface area (Å²) in [5.41, 5.74) is 8.07. The van der Waals surface area contributed by atoms with Gasteiger partial charge in [0.2, 0.25) is 5.78 Å². The van der Waals surface area contributed by atoms with Crippen molar-refractivity contribution in [2.75, 3.05) is 11.9 Å². The summed E-state index contributed by atoms with van der Waals surface area (Å²) in [6.45, 7) is 3.99. The van der Waals surface area contributed by atoms with E-state index < -0.39 is 0 Å². The topological polar surface area (TPSA) is 87.9 Å². The van der Waals surface area contributed by atoms with Crippen LogP contribution in [0.5, 0.6) is 0 Å². The van der Waals surface area contributed by atoms with E-state index in [1.54, 1.807) is 30.7 Å². The summed E-state index contributed by atoms with van der Waals surface area (Å²) in [5, 5.41) is 7.18. The van der Waals surface area contributed by atoms with Crippen molar-refractivity contribution in [2.45, 2.75) is 13.8 Å². The second-order valence-electron chi connectivity index (χ2n) is 7.42. The minimum atomic E-state index is -0.268. The fourth-order valence-corrected chi connectivity index (χ4v) is 3.50. The number of amides is 1. The average Bonchev–Trinajstić information content (AvgIpc) is 3.10. The number of rotatable bonds is 7. The molecule has 3 aromatic heterocycles. The summed E-state index contributed by atoms with van der Waals surface area (Å²) >= 11 is 0. The number of nitrogens with one attached hydrogen (secondary N) is 2. The molecule has 0 aliphatic heterocycles. The number of hydrazone groups is 1. The Morgan fingerprint density at radius 1 is 1.03 bits per heavy atom. The number of aryl methyl sites for hydroxylation is 1. The molecule has 0 radical (unpaired) electrons. The molecule has 160 valence electrons. The van der Waals surface area contributed by atoms with Gasteiger partial charge in [-0.25, -0.2) is 5.43 Å². The van der Waals surface area contributed by atoms with E-state index in [1.807, 2.05) is 66.9 Å². The second-order valence-corrected chi connectivity index (χ2v) is 7.42.